The molecule has 3 aromatic rings. The van der Waals surface area contributed by atoms with Crippen molar-refractivity contribution in [2.24, 2.45) is 0 Å². The van der Waals surface area contributed by atoms with Crippen molar-refractivity contribution in [1.29, 1.82) is 0 Å². The minimum Gasteiger partial charge on any atom is -0.472 e. The van der Waals surface area contributed by atoms with Crippen LogP contribution in [0, 0.1) is 0 Å². The summed E-state index contributed by atoms with van der Waals surface area (Å²) in [5.41, 5.74) is 0.860. The number of hydrogen-bond donors (Lipinski definition) is 0. The van der Waals surface area contributed by atoms with Crippen LogP contribution in [0.1, 0.15) is 0 Å². The quantitative estimate of drug-likeness (QED) is 0.650. The molecule has 1 saturated heterocycles. The van der Waals surface area contributed by atoms with E-state index in [1.54, 1.807) is 24.3 Å². The maximum absolute atomic E-state index is 12.5. The van der Waals surface area contributed by atoms with Crippen LogP contribution in [0.2, 0.25) is 0 Å². The molecule has 0 bridgehead atoms. The van der Waals surface area contributed by atoms with E-state index in [1.165, 1.54) is 4.31 Å². The monoisotopic (exact) mass is 418 g/mol. The predicted molar refractivity (Wildman–Crippen MR) is 99.1 cm³/mol. The zero-order valence-corrected chi connectivity index (χ0v) is 15.6. The highest BCUT2D eigenvalue weighted by atomic mass is 79.9. The van der Waals surface area contributed by atoms with Crippen LogP contribution in [0.4, 0.5) is 0 Å². The maximum atomic E-state index is 12.5. The lowest BCUT2D eigenvalue weighted by Gasteiger charge is -2.37. The largest absolute Gasteiger partial charge is 0.472 e. The Bertz CT molecular complexity index is 1020. The zero-order valence-electron chi connectivity index (χ0n) is 13.2. The first-order valence-corrected chi connectivity index (χ1v) is 10.0. The fourth-order valence-corrected chi connectivity index (χ4v) is 4.48. The van der Waals surface area contributed by atoms with Gasteiger partial charge in [-0.3, -0.25) is 0 Å². The average Bonchev–Trinajstić information content (AvgIpc) is 2.58. The molecule has 2 heterocycles. The molecule has 0 radical (unpaired) electrons. The second-order valence-corrected chi connectivity index (χ2v) is 8.71. The van der Waals surface area contributed by atoms with E-state index in [9.17, 15) is 8.42 Å². The van der Waals surface area contributed by atoms with Gasteiger partial charge in [-0.1, -0.05) is 34.1 Å². The van der Waals surface area contributed by atoms with Crippen molar-refractivity contribution in [1.82, 2.24) is 9.29 Å². The number of rotatable bonds is 4. The Balaban J connectivity index is 1.43. The van der Waals surface area contributed by atoms with Crippen LogP contribution in [0.25, 0.3) is 10.9 Å². The van der Waals surface area contributed by atoms with Crippen molar-refractivity contribution in [3.63, 3.8) is 0 Å². The molecule has 0 spiro atoms. The lowest BCUT2D eigenvalue weighted by Crippen LogP contribution is -2.56. The van der Waals surface area contributed by atoms with Gasteiger partial charge in [0.2, 0.25) is 15.9 Å². The Morgan fingerprint density at radius 1 is 1.00 bits per heavy atom. The van der Waals surface area contributed by atoms with Crippen molar-refractivity contribution in [2.45, 2.75) is 11.0 Å². The summed E-state index contributed by atoms with van der Waals surface area (Å²) in [7, 11) is -3.47. The lowest BCUT2D eigenvalue weighted by atomic mass is 10.2. The number of pyridine rings is 1. The Kier molecular flexibility index (Phi) is 4.23. The van der Waals surface area contributed by atoms with Crippen molar-refractivity contribution in [3.05, 3.63) is 65.1 Å². The van der Waals surface area contributed by atoms with Gasteiger partial charge >= 0.3 is 0 Å². The Morgan fingerprint density at radius 3 is 2.48 bits per heavy atom. The summed E-state index contributed by atoms with van der Waals surface area (Å²) in [6.45, 7) is 0.653. The highest BCUT2D eigenvalue weighted by molar-refractivity contribution is 9.10. The molecule has 4 rings (SSSR count). The topological polar surface area (TPSA) is 59.5 Å². The van der Waals surface area contributed by atoms with Gasteiger partial charge in [-0.15, -0.1) is 0 Å². The highest BCUT2D eigenvalue weighted by Gasteiger charge is 2.38. The van der Waals surface area contributed by atoms with Crippen LogP contribution in [0.3, 0.4) is 0 Å². The van der Waals surface area contributed by atoms with Crippen molar-refractivity contribution >= 4 is 36.9 Å². The van der Waals surface area contributed by atoms with E-state index in [-0.39, 0.29) is 11.0 Å². The molecule has 128 valence electrons. The van der Waals surface area contributed by atoms with Crippen LogP contribution in [0.5, 0.6) is 5.88 Å². The molecule has 1 aliphatic heterocycles. The number of hydrogen-bond acceptors (Lipinski definition) is 4. The molecule has 0 amide bonds. The van der Waals surface area contributed by atoms with Crippen molar-refractivity contribution < 1.29 is 13.2 Å². The predicted octanol–water partition coefficient (Wildman–Crippen LogP) is 3.45. The molecule has 1 aliphatic rings. The van der Waals surface area contributed by atoms with Crippen molar-refractivity contribution in [2.75, 3.05) is 13.1 Å². The summed E-state index contributed by atoms with van der Waals surface area (Å²) in [6, 6.07) is 18.2. The molecule has 1 aromatic heterocycles. The van der Waals surface area contributed by atoms with Gasteiger partial charge in [0.05, 0.1) is 23.5 Å². The Hall–Kier alpha value is -1.96. The molecule has 0 N–H and O–H groups in total. The fourth-order valence-electron chi connectivity index (χ4n) is 2.71. The van der Waals surface area contributed by atoms with Crippen LogP contribution < -0.4 is 4.74 Å². The van der Waals surface area contributed by atoms with Gasteiger partial charge in [0.25, 0.3) is 0 Å². The summed E-state index contributed by atoms with van der Waals surface area (Å²) in [4.78, 5) is 4.75. The number of para-hydroxylation sites is 1. The number of ether oxygens (including phenoxy) is 1. The number of benzene rings is 2. The third-order valence-corrected chi connectivity index (χ3v) is 6.50. The number of nitrogens with zero attached hydrogens (tertiary/aromatic N) is 2. The fraction of sp³-hybridized carbons (Fsp3) is 0.167. The summed E-state index contributed by atoms with van der Waals surface area (Å²) >= 11 is 3.31. The molecule has 0 unspecified atom stereocenters. The molecule has 0 aliphatic carbocycles. The van der Waals surface area contributed by atoms with Crippen LogP contribution in [-0.2, 0) is 10.0 Å². The first-order valence-electron chi connectivity index (χ1n) is 7.80. The van der Waals surface area contributed by atoms with E-state index >= 15 is 0 Å². The first-order chi connectivity index (χ1) is 12.0. The summed E-state index contributed by atoms with van der Waals surface area (Å²) < 4.78 is 33.2. The third kappa shape index (κ3) is 3.27. The lowest BCUT2D eigenvalue weighted by molar-refractivity contribution is 0.0724. The smallest absolute Gasteiger partial charge is 0.243 e. The van der Waals surface area contributed by atoms with E-state index in [4.69, 9.17) is 4.74 Å². The molecular weight excluding hydrogens is 404 g/mol. The maximum Gasteiger partial charge on any atom is 0.243 e. The number of fused-ring (bicyclic) bond motifs is 1. The second-order valence-electron chi connectivity index (χ2n) is 5.86. The zero-order chi connectivity index (χ0) is 17.4. The number of sulfonamides is 1. The molecule has 0 saturated carbocycles. The highest BCUT2D eigenvalue weighted by Crippen LogP contribution is 2.26. The summed E-state index contributed by atoms with van der Waals surface area (Å²) in [5.74, 6) is 0.518. The Labute approximate surface area is 154 Å². The third-order valence-electron chi connectivity index (χ3n) is 4.13. The van der Waals surface area contributed by atoms with E-state index in [1.807, 2.05) is 36.4 Å². The van der Waals surface area contributed by atoms with E-state index in [0.717, 1.165) is 15.4 Å². The van der Waals surface area contributed by atoms with Crippen LogP contribution >= 0.6 is 15.9 Å². The number of halogens is 1. The standard InChI is InChI=1S/C18H15BrN2O3S/c19-14-6-8-16(9-7-14)25(22,23)21-11-15(12-21)24-18-10-5-13-3-1-2-4-17(13)20-18/h1-10,15H,11-12H2. The minimum atomic E-state index is -3.47. The van der Waals surface area contributed by atoms with Gasteiger partial charge in [-0.25, -0.2) is 13.4 Å². The molecular formula is C18H15BrN2O3S. The van der Waals surface area contributed by atoms with Crippen LogP contribution in [0.15, 0.2) is 70.0 Å². The first kappa shape index (κ1) is 16.5. The van der Waals surface area contributed by atoms with Crippen LogP contribution in [-0.4, -0.2) is 36.9 Å². The van der Waals surface area contributed by atoms with Gasteiger partial charge in [0, 0.05) is 15.9 Å². The summed E-state index contributed by atoms with van der Waals surface area (Å²) in [6.07, 6.45) is -0.182. The molecule has 7 heteroatoms. The van der Waals surface area contributed by atoms with Gasteiger partial charge in [-0.05, 0) is 36.4 Å². The van der Waals surface area contributed by atoms with Gasteiger partial charge in [-0.2, -0.15) is 4.31 Å². The normalized spacial score (nSPS) is 15.9. The van der Waals surface area contributed by atoms with Crippen molar-refractivity contribution in [3.8, 4) is 5.88 Å². The second kappa shape index (κ2) is 6.40. The van der Waals surface area contributed by atoms with E-state index in [2.05, 4.69) is 20.9 Å². The van der Waals surface area contributed by atoms with E-state index in [0.29, 0.717) is 19.0 Å². The van der Waals surface area contributed by atoms with Gasteiger partial charge < -0.3 is 4.74 Å². The number of aromatic nitrogens is 1. The SMILES string of the molecule is O=S(=O)(c1ccc(Br)cc1)N1CC(Oc2ccc3ccccc3n2)C1. The van der Waals surface area contributed by atoms with E-state index < -0.39 is 10.0 Å². The summed E-state index contributed by atoms with van der Waals surface area (Å²) in [5, 5.41) is 1.04. The van der Waals surface area contributed by atoms with Gasteiger partial charge in [0.15, 0.2) is 0 Å². The van der Waals surface area contributed by atoms with Gasteiger partial charge in [0.1, 0.15) is 6.10 Å². The molecule has 25 heavy (non-hydrogen) atoms. The molecule has 1 fully saturated rings. The Morgan fingerprint density at radius 2 is 1.72 bits per heavy atom. The molecule has 5 nitrogen and oxygen atoms in total. The molecule has 0 atom stereocenters. The minimum absolute atomic E-state index is 0.182. The average molecular weight is 419 g/mol. The molecule has 2 aromatic carbocycles.